The van der Waals surface area contributed by atoms with Crippen molar-refractivity contribution in [2.75, 3.05) is 5.32 Å². The van der Waals surface area contributed by atoms with Crippen LogP contribution in [0.25, 0.3) is 21.1 Å². The van der Waals surface area contributed by atoms with Crippen molar-refractivity contribution in [1.82, 2.24) is 9.97 Å². The molecule has 2 heterocycles. The molecule has 0 saturated carbocycles. The Balaban J connectivity index is 1.69. The largest absolute Gasteiger partial charge is 0.360 e. The first kappa shape index (κ1) is 14.9. The predicted molar refractivity (Wildman–Crippen MR) is 100.0 cm³/mol. The summed E-state index contributed by atoms with van der Waals surface area (Å²) in [5.41, 5.74) is 3.77. The highest BCUT2D eigenvalue weighted by Gasteiger charge is 2.15. The molecule has 0 radical (unpaired) electrons. The first-order valence-corrected chi connectivity index (χ1v) is 8.72. The number of carbonyl (C=O) groups excluding carboxylic acids is 1. The summed E-state index contributed by atoms with van der Waals surface area (Å²) in [5.74, 6) is 0.255. The van der Waals surface area contributed by atoms with Crippen LogP contribution in [0, 0.1) is 0 Å². The number of nitrogens with one attached hydrogen (secondary N) is 2. The minimum atomic E-state index is -0.141. The number of anilines is 1. The number of amides is 1. The number of benzene rings is 2. The molecule has 24 heavy (non-hydrogen) atoms. The number of para-hydroxylation sites is 2. The summed E-state index contributed by atoms with van der Waals surface area (Å²) < 4.78 is 1.09. The van der Waals surface area contributed by atoms with Crippen LogP contribution in [-0.2, 0) is 0 Å². The molecule has 4 rings (SSSR count). The van der Waals surface area contributed by atoms with E-state index in [9.17, 15) is 4.79 Å². The van der Waals surface area contributed by atoms with Crippen LogP contribution in [-0.4, -0.2) is 15.9 Å². The molecule has 0 unspecified atom stereocenters. The van der Waals surface area contributed by atoms with Crippen molar-refractivity contribution in [3.63, 3.8) is 0 Å². The van der Waals surface area contributed by atoms with Crippen LogP contribution in [0.5, 0.6) is 0 Å². The summed E-state index contributed by atoms with van der Waals surface area (Å²) >= 11 is 1.51. The van der Waals surface area contributed by atoms with Gasteiger partial charge >= 0.3 is 0 Å². The van der Waals surface area contributed by atoms with E-state index in [0.29, 0.717) is 16.6 Å². The molecule has 0 aliphatic heterocycles. The number of nitrogens with zero attached hydrogens (tertiary/aromatic N) is 1. The molecule has 0 fully saturated rings. The van der Waals surface area contributed by atoms with E-state index in [2.05, 4.69) is 35.2 Å². The lowest BCUT2D eigenvalue weighted by Gasteiger charge is -2.04. The van der Waals surface area contributed by atoms with Crippen molar-refractivity contribution in [2.24, 2.45) is 0 Å². The second-order valence-electron chi connectivity index (χ2n) is 6.07. The Morgan fingerprint density at radius 2 is 2.00 bits per heavy atom. The molecule has 120 valence electrons. The van der Waals surface area contributed by atoms with E-state index >= 15 is 0 Å². The van der Waals surface area contributed by atoms with Gasteiger partial charge in [0, 0.05) is 17.1 Å². The Bertz CT molecular complexity index is 1050. The van der Waals surface area contributed by atoms with Crippen LogP contribution in [0.3, 0.4) is 0 Å². The quantitative estimate of drug-likeness (QED) is 0.544. The molecule has 2 aromatic carbocycles. The monoisotopic (exact) mass is 335 g/mol. The Labute approximate surface area is 143 Å². The molecular formula is C19H17N3OS. The summed E-state index contributed by atoms with van der Waals surface area (Å²) in [7, 11) is 0. The summed E-state index contributed by atoms with van der Waals surface area (Å²) in [6.07, 6.45) is 1.74. The third-order valence-electron chi connectivity index (χ3n) is 4.13. The number of fused-ring (bicyclic) bond motifs is 2. The van der Waals surface area contributed by atoms with Gasteiger partial charge in [-0.25, -0.2) is 4.98 Å². The third kappa shape index (κ3) is 2.47. The van der Waals surface area contributed by atoms with E-state index in [4.69, 9.17) is 0 Å². The second kappa shape index (κ2) is 5.76. The highest BCUT2D eigenvalue weighted by atomic mass is 32.1. The Morgan fingerprint density at radius 1 is 1.17 bits per heavy atom. The van der Waals surface area contributed by atoms with Gasteiger partial charge in [0.1, 0.15) is 0 Å². The lowest BCUT2D eigenvalue weighted by Crippen LogP contribution is -2.11. The molecule has 0 spiro atoms. The van der Waals surface area contributed by atoms with Crippen molar-refractivity contribution in [1.29, 1.82) is 0 Å². The molecule has 0 saturated heterocycles. The van der Waals surface area contributed by atoms with Gasteiger partial charge in [-0.3, -0.25) is 10.1 Å². The number of H-pyrrole nitrogens is 1. The minimum Gasteiger partial charge on any atom is -0.360 e. The van der Waals surface area contributed by atoms with Crippen LogP contribution in [0.2, 0.25) is 0 Å². The zero-order valence-electron chi connectivity index (χ0n) is 13.5. The van der Waals surface area contributed by atoms with Crippen molar-refractivity contribution >= 4 is 43.5 Å². The number of hydrogen-bond acceptors (Lipinski definition) is 3. The zero-order valence-corrected chi connectivity index (χ0v) is 14.3. The van der Waals surface area contributed by atoms with Crippen LogP contribution < -0.4 is 5.32 Å². The van der Waals surface area contributed by atoms with Crippen molar-refractivity contribution < 1.29 is 4.79 Å². The number of thiazole rings is 1. The normalized spacial score (nSPS) is 11.5. The first-order chi connectivity index (χ1) is 11.6. The first-order valence-electron chi connectivity index (χ1n) is 7.90. The highest BCUT2D eigenvalue weighted by molar-refractivity contribution is 7.22. The molecule has 2 aromatic heterocycles. The summed E-state index contributed by atoms with van der Waals surface area (Å²) in [4.78, 5) is 20.4. The average molecular weight is 335 g/mol. The SMILES string of the molecule is CC(C)c1cccc2sc(NC(=O)c3c[nH]c4ccccc34)nc12. The molecule has 0 aliphatic rings. The predicted octanol–water partition coefficient (Wildman–Crippen LogP) is 5.15. The standard InChI is InChI=1S/C19H17N3OS/c1-11(2)12-7-5-9-16-17(12)21-19(24-16)22-18(23)14-10-20-15-8-4-3-6-13(14)15/h3-11,20H,1-2H3,(H,21,22,23). The maximum Gasteiger partial charge on any atom is 0.259 e. The van der Waals surface area contributed by atoms with Crippen LogP contribution in [0.15, 0.2) is 48.7 Å². The number of rotatable bonds is 3. The van der Waals surface area contributed by atoms with E-state index in [-0.39, 0.29) is 5.91 Å². The maximum atomic E-state index is 12.6. The van der Waals surface area contributed by atoms with Gasteiger partial charge < -0.3 is 4.98 Å². The van der Waals surface area contributed by atoms with E-state index in [1.54, 1.807) is 6.20 Å². The number of hydrogen-bond donors (Lipinski definition) is 2. The van der Waals surface area contributed by atoms with E-state index in [1.165, 1.54) is 16.9 Å². The summed E-state index contributed by atoms with van der Waals surface area (Å²) in [6.45, 7) is 4.30. The molecule has 4 aromatic rings. The summed E-state index contributed by atoms with van der Waals surface area (Å²) in [5, 5.41) is 4.49. The van der Waals surface area contributed by atoms with E-state index in [1.807, 2.05) is 36.4 Å². The fourth-order valence-corrected chi connectivity index (χ4v) is 3.81. The minimum absolute atomic E-state index is 0.141. The van der Waals surface area contributed by atoms with Crippen molar-refractivity contribution in [2.45, 2.75) is 19.8 Å². The number of carbonyl (C=O) groups is 1. The van der Waals surface area contributed by atoms with Crippen molar-refractivity contribution in [3.8, 4) is 0 Å². The van der Waals surface area contributed by atoms with Crippen LogP contribution in [0.4, 0.5) is 5.13 Å². The molecule has 4 nitrogen and oxygen atoms in total. The molecule has 0 aliphatic carbocycles. The fourth-order valence-electron chi connectivity index (χ4n) is 2.91. The van der Waals surface area contributed by atoms with Crippen LogP contribution in [0.1, 0.15) is 35.7 Å². The van der Waals surface area contributed by atoms with Gasteiger partial charge in [-0.15, -0.1) is 0 Å². The number of aromatic amines is 1. The molecule has 1 amide bonds. The fraction of sp³-hybridized carbons (Fsp3) is 0.158. The lowest BCUT2D eigenvalue weighted by molar-refractivity contribution is 0.102. The van der Waals surface area contributed by atoms with E-state index < -0.39 is 0 Å². The van der Waals surface area contributed by atoms with Gasteiger partial charge in [-0.1, -0.05) is 55.5 Å². The number of aromatic nitrogens is 2. The van der Waals surface area contributed by atoms with Gasteiger partial charge in [0.05, 0.1) is 15.8 Å². The third-order valence-corrected chi connectivity index (χ3v) is 5.06. The van der Waals surface area contributed by atoms with E-state index in [0.717, 1.165) is 21.1 Å². The molecule has 2 N–H and O–H groups in total. The van der Waals surface area contributed by atoms with Crippen LogP contribution >= 0.6 is 11.3 Å². The average Bonchev–Trinajstić information content (AvgIpc) is 3.17. The Morgan fingerprint density at radius 3 is 2.83 bits per heavy atom. The zero-order chi connectivity index (χ0) is 16.7. The lowest BCUT2D eigenvalue weighted by atomic mass is 10.0. The highest BCUT2D eigenvalue weighted by Crippen LogP contribution is 2.32. The van der Waals surface area contributed by atoms with Gasteiger partial charge in [-0.05, 0) is 23.6 Å². The van der Waals surface area contributed by atoms with Gasteiger partial charge in [0.25, 0.3) is 5.91 Å². The Hall–Kier alpha value is -2.66. The van der Waals surface area contributed by atoms with Gasteiger partial charge in [-0.2, -0.15) is 0 Å². The van der Waals surface area contributed by atoms with Crippen molar-refractivity contribution in [3.05, 3.63) is 59.8 Å². The molecular weight excluding hydrogens is 318 g/mol. The van der Waals surface area contributed by atoms with Gasteiger partial charge in [0.15, 0.2) is 5.13 Å². The summed E-state index contributed by atoms with van der Waals surface area (Å²) in [6, 6.07) is 14.0. The molecule has 0 bridgehead atoms. The second-order valence-corrected chi connectivity index (χ2v) is 7.10. The van der Waals surface area contributed by atoms with Gasteiger partial charge in [0.2, 0.25) is 0 Å². The Kier molecular flexibility index (Phi) is 3.58. The molecule has 0 atom stereocenters. The molecule has 5 heteroatoms. The maximum absolute atomic E-state index is 12.6. The topological polar surface area (TPSA) is 57.8 Å². The smallest absolute Gasteiger partial charge is 0.259 e.